The molecule has 1 aromatic carbocycles. The highest BCUT2D eigenvalue weighted by Gasteiger charge is 2.25. The summed E-state index contributed by atoms with van der Waals surface area (Å²) in [6.45, 7) is 10.9. The fourth-order valence-corrected chi connectivity index (χ4v) is 5.05. The van der Waals surface area contributed by atoms with Crippen LogP contribution in [0.3, 0.4) is 0 Å². The molecule has 3 aromatic rings. The van der Waals surface area contributed by atoms with E-state index in [9.17, 15) is 4.79 Å². The largest absolute Gasteiger partial charge is 0.347 e. The Labute approximate surface area is 208 Å². The second-order valence-corrected chi connectivity index (χ2v) is 9.50. The first-order chi connectivity index (χ1) is 17.2. The van der Waals surface area contributed by atoms with Gasteiger partial charge in [-0.05, 0) is 63.0 Å². The van der Waals surface area contributed by atoms with Gasteiger partial charge in [0.25, 0.3) is 5.91 Å². The van der Waals surface area contributed by atoms with Gasteiger partial charge >= 0.3 is 0 Å². The average Bonchev–Trinajstić information content (AvgIpc) is 3.58. The van der Waals surface area contributed by atoms with Gasteiger partial charge in [0.05, 0.1) is 13.1 Å². The molecule has 1 amide bonds. The summed E-state index contributed by atoms with van der Waals surface area (Å²) in [5.74, 6) is 1.47. The van der Waals surface area contributed by atoms with Crippen molar-refractivity contribution in [3.05, 3.63) is 71.8 Å². The number of hydrogen-bond donors (Lipinski definition) is 2. The van der Waals surface area contributed by atoms with Gasteiger partial charge in [-0.25, -0.2) is 9.97 Å². The van der Waals surface area contributed by atoms with Crippen molar-refractivity contribution in [2.45, 2.75) is 65.2 Å². The number of carbonyl (C=O) groups is 1. The normalized spacial score (nSPS) is 16.6. The lowest BCUT2D eigenvalue weighted by atomic mass is 10.0. The molecule has 0 radical (unpaired) electrons. The molecule has 1 saturated heterocycles. The average molecular weight is 478 g/mol. The summed E-state index contributed by atoms with van der Waals surface area (Å²) in [5, 5.41) is 0. The van der Waals surface area contributed by atoms with Gasteiger partial charge in [0.15, 0.2) is 0 Å². The van der Waals surface area contributed by atoms with E-state index in [1.54, 1.807) is 29.7 Å². The summed E-state index contributed by atoms with van der Waals surface area (Å²) in [4.78, 5) is 35.1. The smallest absolute Gasteiger partial charge is 0.254 e. The lowest BCUT2D eigenvalue weighted by Crippen LogP contribution is -2.48. The summed E-state index contributed by atoms with van der Waals surface area (Å²) < 4.78 is 0. The first kappa shape index (κ1) is 25.1. The Morgan fingerprint density at radius 1 is 1.00 bits per heavy atom. The van der Waals surface area contributed by atoms with Crippen molar-refractivity contribution in [2.24, 2.45) is 0 Å². The number of amides is 1. The molecule has 0 aliphatic carbocycles. The van der Waals surface area contributed by atoms with Crippen molar-refractivity contribution in [2.75, 3.05) is 26.2 Å². The van der Waals surface area contributed by atoms with Crippen LogP contribution in [-0.2, 0) is 19.6 Å². The Balaban J connectivity index is 1.39. The molecule has 8 nitrogen and oxygen atoms in total. The van der Waals surface area contributed by atoms with Crippen LogP contribution >= 0.6 is 0 Å². The number of piperidine rings is 1. The molecular weight excluding hydrogens is 438 g/mol. The highest BCUT2D eigenvalue weighted by atomic mass is 16.2. The monoisotopic (exact) mass is 477 g/mol. The molecule has 1 atom stereocenters. The molecule has 188 valence electrons. The number of aromatic nitrogens is 4. The molecular formula is C27H39N7O. The Morgan fingerprint density at radius 3 is 2.17 bits per heavy atom. The van der Waals surface area contributed by atoms with Crippen molar-refractivity contribution in [1.82, 2.24) is 34.6 Å². The van der Waals surface area contributed by atoms with E-state index in [0.29, 0.717) is 24.7 Å². The maximum atomic E-state index is 13.4. The third-order valence-electron chi connectivity index (χ3n) is 6.70. The van der Waals surface area contributed by atoms with Gasteiger partial charge < -0.3 is 14.9 Å². The van der Waals surface area contributed by atoms with Crippen molar-refractivity contribution in [3.8, 4) is 0 Å². The molecule has 0 saturated carbocycles. The number of nitrogens with zero attached hydrogens (tertiary/aromatic N) is 5. The SMILES string of the molecule is CCCN(CCC)[C@H]1CCCN(Cc2ccc(C(=O)N(Cc3ncc[nH]3)Cc3ncc[nH]3)cc2)C1. The highest BCUT2D eigenvalue weighted by Crippen LogP contribution is 2.20. The van der Waals surface area contributed by atoms with Gasteiger partial charge in [-0.1, -0.05) is 26.0 Å². The molecule has 1 aliphatic rings. The summed E-state index contributed by atoms with van der Waals surface area (Å²) in [5.41, 5.74) is 1.93. The molecule has 35 heavy (non-hydrogen) atoms. The molecule has 2 aromatic heterocycles. The number of nitrogens with one attached hydrogen (secondary N) is 2. The zero-order chi connectivity index (χ0) is 24.5. The second kappa shape index (κ2) is 12.7. The molecule has 0 unspecified atom stereocenters. The fourth-order valence-electron chi connectivity index (χ4n) is 5.05. The number of aromatic amines is 2. The van der Waals surface area contributed by atoms with E-state index in [0.717, 1.165) is 31.3 Å². The summed E-state index contributed by atoms with van der Waals surface area (Å²) in [6, 6.07) is 8.77. The van der Waals surface area contributed by atoms with Crippen molar-refractivity contribution < 1.29 is 4.79 Å². The standard InChI is InChI=1S/C27H39N7O/c1-3-15-33(16-4-2)24-6-5-17-32(19-24)18-22-7-9-23(10-8-22)27(35)34(20-25-28-11-12-29-25)21-26-30-13-14-31-26/h7-14,24H,3-6,15-21H2,1-2H3,(H,28,29)(H,30,31)/t24-/m0/s1. The quantitative estimate of drug-likeness (QED) is 0.411. The predicted octanol–water partition coefficient (Wildman–Crippen LogP) is 4.06. The highest BCUT2D eigenvalue weighted by molar-refractivity contribution is 5.94. The van der Waals surface area contributed by atoms with E-state index >= 15 is 0 Å². The zero-order valence-corrected chi connectivity index (χ0v) is 21.1. The van der Waals surface area contributed by atoms with Crippen molar-refractivity contribution in [3.63, 3.8) is 0 Å². The maximum absolute atomic E-state index is 13.4. The van der Waals surface area contributed by atoms with E-state index < -0.39 is 0 Å². The van der Waals surface area contributed by atoms with Crippen LogP contribution < -0.4 is 0 Å². The van der Waals surface area contributed by atoms with Gasteiger partial charge in [-0.15, -0.1) is 0 Å². The lowest BCUT2D eigenvalue weighted by Gasteiger charge is -2.39. The van der Waals surface area contributed by atoms with Crippen molar-refractivity contribution >= 4 is 5.91 Å². The van der Waals surface area contributed by atoms with Gasteiger partial charge in [-0.2, -0.15) is 0 Å². The molecule has 2 N–H and O–H groups in total. The fraction of sp³-hybridized carbons (Fsp3) is 0.519. The first-order valence-corrected chi connectivity index (χ1v) is 13.0. The summed E-state index contributed by atoms with van der Waals surface area (Å²) in [6.07, 6.45) is 11.9. The Kier molecular flexibility index (Phi) is 9.08. The van der Waals surface area contributed by atoms with Crippen LogP contribution in [0, 0.1) is 0 Å². The van der Waals surface area contributed by atoms with Gasteiger partial charge in [0, 0.05) is 49.5 Å². The van der Waals surface area contributed by atoms with E-state index in [1.165, 1.54) is 44.3 Å². The number of H-pyrrole nitrogens is 2. The van der Waals surface area contributed by atoms with Crippen molar-refractivity contribution in [1.29, 1.82) is 0 Å². The summed E-state index contributed by atoms with van der Waals surface area (Å²) >= 11 is 0. The first-order valence-electron chi connectivity index (χ1n) is 13.0. The Bertz CT molecular complexity index is 959. The van der Waals surface area contributed by atoms with Crippen LogP contribution in [0.15, 0.2) is 49.1 Å². The van der Waals surface area contributed by atoms with Gasteiger partial charge in [0.2, 0.25) is 0 Å². The molecule has 0 spiro atoms. The van der Waals surface area contributed by atoms with E-state index in [2.05, 4.69) is 55.7 Å². The van der Waals surface area contributed by atoms with Crippen LogP contribution in [0.5, 0.6) is 0 Å². The number of hydrogen-bond acceptors (Lipinski definition) is 5. The van der Waals surface area contributed by atoms with Crippen LogP contribution in [0.4, 0.5) is 0 Å². The third kappa shape index (κ3) is 7.02. The molecule has 3 heterocycles. The Morgan fingerprint density at radius 2 is 1.63 bits per heavy atom. The number of carbonyl (C=O) groups excluding carboxylic acids is 1. The number of imidazole rings is 2. The van der Waals surface area contributed by atoms with Crippen LogP contribution in [0.2, 0.25) is 0 Å². The summed E-state index contributed by atoms with van der Waals surface area (Å²) in [7, 11) is 0. The lowest BCUT2D eigenvalue weighted by molar-refractivity contribution is 0.0721. The maximum Gasteiger partial charge on any atom is 0.254 e. The molecule has 4 rings (SSSR count). The zero-order valence-electron chi connectivity index (χ0n) is 21.1. The minimum absolute atomic E-state index is 0.0304. The molecule has 0 bridgehead atoms. The molecule has 8 heteroatoms. The predicted molar refractivity (Wildman–Crippen MR) is 138 cm³/mol. The minimum Gasteiger partial charge on any atom is -0.347 e. The number of rotatable bonds is 12. The van der Waals surface area contributed by atoms with E-state index in [-0.39, 0.29) is 5.91 Å². The van der Waals surface area contributed by atoms with E-state index in [4.69, 9.17) is 0 Å². The topological polar surface area (TPSA) is 84.2 Å². The molecule has 1 aliphatic heterocycles. The van der Waals surface area contributed by atoms with E-state index in [1.807, 2.05) is 12.1 Å². The Hall–Kier alpha value is -2.97. The van der Waals surface area contributed by atoms with Crippen LogP contribution in [0.25, 0.3) is 0 Å². The molecule has 1 fully saturated rings. The van der Waals surface area contributed by atoms with Gasteiger partial charge in [-0.3, -0.25) is 14.6 Å². The number of likely N-dealkylation sites (tertiary alicyclic amines) is 1. The second-order valence-electron chi connectivity index (χ2n) is 9.50. The van der Waals surface area contributed by atoms with Gasteiger partial charge in [0.1, 0.15) is 11.6 Å². The van der Waals surface area contributed by atoms with Crippen LogP contribution in [-0.4, -0.2) is 72.8 Å². The minimum atomic E-state index is -0.0304. The third-order valence-corrected chi connectivity index (χ3v) is 6.70. The number of benzene rings is 1. The van der Waals surface area contributed by atoms with Crippen LogP contribution in [0.1, 0.15) is 67.1 Å².